The van der Waals surface area contributed by atoms with Crippen molar-refractivity contribution in [1.82, 2.24) is 4.90 Å². The Morgan fingerprint density at radius 3 is 2.63 bits per heavy atom. The van der Waals surface area contributed by atoms with Gasteiger partial charge < -0.3 is 9.84 Å². The first kappa shape index (κ1) is 12.9. The van der Waals surface area contributed by atoms with Gasteiger partial charge >= 0.3 is 0 Å². The first-order chi connectivity index (χ1) is 8.99. The van der Waals surface area contributed by atoms with Gasteiger partial charge in [-0.15, -0.1) is 0 Å². The lowest BCUT2D eigenvalue weighted by Gasteiger charge is -2.45. The third-order valence-electron chi connectivity index (χ3n) is 4.40. The monoisotopic (exact) mass is 261 g/mol. The van der Waals surface area contributed by atoms with Crippen LogP contribution >= 0.6 is 0 Å². The Balaban J connectivity index is 2.07. The van der Waals surface area contributed by atoms with Crippen molar-refractivity contribution in [1.29, 1.82) is 0 Å². The molecular formula is C16H23NO2. The predicted octanol–water partition coefficient (Wildman–Crippen LogP) is 2.66. The van der Waals surface area contributed by atoms with Crippen molar-refractivity contribution in [2.75, 3.05) is 13.1 Å². The Morgan fingerprint density at radius 2 is 1.95 bits per heavy atom. The van der Waals surface area contributed by atoms with E-state index >= 15 is 0 Å². The molecule has 0 amide bonds. The maximum atomic E-state index is 10.7. The fourth-order valence-electron chi connectivity index (χ4n) is 3.30. The Bertz CT molecular complexity index is 478. The smallest absolute Gasteiger partial charge is 0.131 e. The van der Waals surface area contributed by atoms with Gasteiger partial charge in [0.2, 0.25) is 0 Å². The van der Waals surface area contributed by atoms with E-state index in [1.165, 1.54) is 18.4 Å². The van der Waals surface area contributed by atoms with Gasteiger partial charge in [0, 0.05) is 5.56 Å². The minimum absolute atomic E-state index is 0.0705. The number of hydrogen-bond acceptors (Lipinski definition) is 3. The van der Waals surface area contributed by atoms with Crippen molar-refractivity contribution in [3.63, 3.8) is 0 Å². The van der Waals surface area contributed by atoms with Crippen LogP contribution in [0.25, 0.3) is 0 Å². The summed E-state index contributed by atoms with van der Waals surface area (Å²) >= 11 is 0. The predicted molar refractivity (Wildman–Crippen MR) is 75.4 cm³/mol. The summed E-state index contributed by atoms with van der Waals surface area (Å²) in [5.74, 6) is 0.929. The number of rotatable bonds is 1. The summed E-state index contributed by atoms with van der Waals surface area (Å²) in [5, 5.41) is 10.7. The highest BCUT2D eigenvalue weighted by Gasteiger charge is 2.45. The SMILES string of the molecule is Cc1ccc2c(c1)[C@@H](N1CCCC1)[C@H](O)C(C)(C)O2. The lowest BCUT2D eigenvalue weighted by atomic mass is 9.85. The van der Waals surface area contributed by atoms with Crippen LogP contribution in [-0.4, -0.2) is 34.8 Å². The van der Waals surface area contributed by atoms with E-state index in [2.05, 4.69) is 24.0 Å². The molecule has 3 rings (SSSR count). The molecule has 3 heteroatoms. The van der Waals surface area contributed by atoms with Crippen LogP contribution in [0.1, 0.15) is 43.9 Å². The molecule has 1 aromatic rings. The molecule has 0 aliphatic carbocycles. The molecule has 0 aromatic heterocycles. The van der Waals surface area contributed by atoms with Crippen LogP contribution in [0.2, 0.25) is 0 Å². The molecule has 0 saturated carbocycles. The zero-order chi connectivity index (χ0) is 13.6. The van der Waals surface area contributed by atoms with Crippen LogP contribution in [-0.2, 0) is 0 Å². The van der Waals surface area contributed by atoms with Gasteiger partial charge in [-0.05, 0) is 52.8 Å². The van der Waals surface area contributed by atoms with Gasteiger partial charge in [0.1, 0.15) is 17.5 Å². The second-order valence-corrected chi connectivity index (χ2v) is 6.38. The number of hydrogen-bond donors (Lipinski definition) is 1. The second kappa shape index (κ2) is 4.50. The maximum Gasteiger partial charge on any atom is 0.131 e. The minimum atomic E-state index is -0.532. The summed E-state index contributed by atoms with van der Waals surface area (Å²) in [6.45, 7) is 8.19. The molecule has 2 atom stereocenters. The van der Waals surface area contributed by atoms with Gasteiger partial charge in [0.25, 0.3) is 0 Å². The number of benzene rings is 1. The molecule has 1 fully saturated rings. The van der Waals surface area contributed by atoms with Gasteiger partial charge in [-0.1, -0.05) is 17.7 Å². The zero-order valence-electron chi connectivity index (χ0n) is 12.0. The van der Waals surface area contributed by atoms with Gasteiger partial charge in [0.05, 0.1) is 6.04 Å². The number of fused-ring (bicyclic) bond motifs is 1. The highest BCUT2D eigenvalue weighted by molar-refractivity contribution is 5.42. The quantitative estimate of drug-likeness (QED) is 0.843. The summed E-state index contributed by atoms with van der Waals surface area (Å²) < 4.78 is 6.00. The van der Waals surface area contributed by atoms with E-state index in [-0.39, 0.29) is 6.04 Å². The molecule has 0 spiro atoms. The van der Waals surface area contributed by atoms with Crippen LogP contribution < -0.4 is 4.74 Å². The molecule has 1 aromatic carbocycles. The van der Waals surface area contributed by atoms with E-state index in [0.717, 1.165) is 24.4 Å². The molecule has 0 bridgehead atoms. The molecular weight excluding hydrogens is 238 g/mol. The van der Waals surface area contributed by atoms with E-state index in [0.29, 0.717) is 0 Å². The van der Waals surface area contributed by atoms with Gasteiger partial charge in [-0.25, -0.2) is 0 Å². The zero-order valence-corrected chi connectivity index (χ0v) is 12.0. The molecule has 3 nitrogen and oxygen atoms in total. The van der Waals surface area contributed by atoms with Crippen LogP contribution in [0.4, 0.5) is 0 Å². The topological polar surface area (TPSA) is 32.7 Å². The average molecular weight is 261 g/mol. The molecule has 2 heterocycles. The number of aliphatic hydroxyl groups excluding tert-OH is 1. The van der Waals surface area contributed by atoms with Crippen LogP contribution in [0.15, 0.2) is 18.2 Å². The number of likely N-dealkylation sites (tertiary alicyclic amines) is 1. The summed E-state index contributed by atoms with van der Waals surface area (Å²) in [6.07, 6.45) is 1.97. The Hall–Kier alpha value is -1.06. The van der Waals surface area contributed by atoms with E-state index in [9.17, 15) is 5.11 Å². The normalized spacial score (nSPS) is 29.9. The third-order valence-corrected chi connectivity index (χ3v) is 4.40. The maximum absolute atomic E-state index is 10.7. The van der Waals surface area contributed by atoms with Crippen LogP contribution in [0, 0.1) is 6.92 Å². The Kier molecular flexibility index (Phi) is 3.06. The van der Waals surface area contributed by atoms with Crippen molar-refractivity contribution in [3.8, 4) is 5.75 Å². The van der Waals surface area contributed by atoms with Crippen molar-refractivity contribution >= 4 is 0 Å². The molecule has 0 unspecified atom stereocenters. The molecule has 104 valence electrons. The van der Waals surface area contributed by atoms with E-state index in [1.54, 1.807) is 0 Å². The number of ether oxygens (including phenoxy) is 1. The van der Waals surface area contributed by atoms with Gasteiger partial charge in [-0.2, -0.15) is 0 Å². The lowest BCUT2D eigenvalue weighted by molar-refractivity contribution is -0.0895. The summed E-state index contributed by atoms with van der Waals surface area (Å²) in [6, 6.07) is 6.35. The van der Waals surface area contributed by atoms with Gasteiger partial charge in [0.15, 0.2) is 0 Å². The van der Waals surface area contributed by atoms with Crippen molar-refractivity contribution < 1.29 is 9.84 Å². The standard InChI is InChI=1S/C16H23NO2/c1-11-6-7-13-12(10-11)14(17-8-4-5-9-17)15(18)16(2,3)19-13/h6-7,10,14-15,18H,4-5,8-9H2,1-3H3/t14-,15+/m1/s1. The first-order valence-electron chi connectivity index (χ1n) is 7.21. The first-order valence-corrected chi connectivity index (χ1v) is 7.21. The lowest BCUT2D eigenvalue weighted by Crippen LogP contribution is -2.53. The van der Waals surface area contributed by atoms with E-state index in [4.69, 9.17) is 4.74 Å². The van der Waals surface area contributed by atoms with Crippen molar-refractivity contribution in [2.45, 2.75) is 51.4 Å². The van der Waals surface area contributed by atoms with E-state index in [1.807, 2.05) is 19.9 Å². The minimum Gasteiger partial charge on any atom is -0.485 e. The van der Waals surface area contributed by atoms with Crippen LogP contribution in [0.5, 0.6) is 5.75 Å². The fourth-order valence-corrected chi connectivity index (χ4v) is 3.30. The molecule has 2 aliphatic heterocycles. The molecule has 1 N–H and O–H groups in total. The fraction of sp³-hybridized carbons (Fsp3) is 0.625. The number of nitrogens with zero attached hydrogens (tertiary/aromatic N) is 1. The highest BCUT2D eigenvalue weighted by Crippen LogP contribution is 2.44. The summed E-state index contributed by atoms with van der Waals surface area (Å²) in [4.78, 5) is 2.41. The van der Waals surface area contributed by atoms with Crippen LogP contribution in [0.3, 0.4) is 0 Å². The Labute approximate surface area is 115 Å². The second-order valence-electron chi connectivity index (χ2n) is 6.38. The number of aryl methyl sites for hydroxylation is 1. The van der Waals surface area contributed by atoms with E-state index < -0.39 is 11.7 Å². The average Bonchev–Trinajstić information content (AvgIpc) is 2.85. The summed E-state index contributed by atoms with van der Waals surface area (Å²) in [5.41, 5.74) is 1.84. The third kappa shape index (κ3) is 2.15. The van der Waals surface area contributed by atoms with Crippen molar-refractivity contribution in [2.24, 2.45) is 0 Å². The molecule has 2 aliphatic rings. The molecule has 19 heavy (non-hydrogen) atoms. The summed E-state index contributed by atoms with van der Waals surface area (Å²) in [7, 11) is 0. The highest BCUT2D eigenvalue weighted by atomic mass is 16.5. The van der Waals surface area contributed by atoms with Crippen molar-refractivity contribution in [3.05, 3.63) is 29.3 Å². The number of aliphatic hydroxyl groups is 1. The largest absolute Gasteiger partial charge is 0.485 e. The molecule has 1 saturated heterocycles. The Morgan fingerprint density at radius 1 is 1.26 bits per heavy atom. The van der Waals surface area contributed by atoms with Gasteiger partial charge in [-0.3, -0.25) is 4.90 Å². The molecule has 0 radical (unpaired) electrons.